The maximum atomic E-state index is 12.9. The Kier molecular flexibility index (Phi) is 8.02. The number of carbonyl (C=O) groups is 2. The highest BCUT2D eigenvalue weighted by molar-refractivity contribution is 6.31. The van der Waals surface area contributed by atoms with Crippen molar-refractivity contribution in [2.45, 2.75) is 77.6 Å². The van der Waals surface area contributed by atoms with Gasteiger partial charge in [-0.2, -0.15) is 0 Å². The van der Waals surface area contributed by atoms with E-state index in [0.29, 0.717) is 42.1 Å². The Hall–Kier alpha value is -2.07. The smallest absolute Gasteiger partial charge is 0.408 e. The van der Waals surface area contributed by atoms with Crippen LogP contribution in [-0.2, 0) is 25.6 Å². The number of aliphatic hydroxyl groups excluding tert-OH is 1. The summed E-state index contributed by atoms with van der Waals surface area (Å²) in [7, 11) is 0. The molecule has 2 saturated heterocycles. The first kappa shape index (κ1) is 26.5. The fraction of sp³-hybridized carbons (Fsp3) is 0.667. The molecule has 3 N–H and O–H groups in total. The predicted molar refractivity (Wildman–Crippen MR) is 125 cm³/mol. The van der Waals surface area contributed by atoms with Crippen LogP contribution in [0.5, 0.6) is 5.75 Å². The minimum absolute atomic E-state index is 0.0771. The zero-order valence-corrected chi connectivity index (χ0v) is 21.1. The summed E-state index contributed by atoms with van der Waals surface area (Å²) in [5.41, 5.74) is 0.135. The minimum atomic E-state index is -0.779. The Bertz CT molecular complexity index is 907. The van der Waals surface area contributed by atoms with Crippen molar-refractivity contribution in [3.63, 3.8) is 0 Å². The number of rotatable bonds is 5. The molecule has 34 heavy (non-hydrogen) atoms. The van der Waals surface area contributed by atoms with Crippen molar-refractivity contribution in [3.05, 3.63) is 28.3 Å². The van der Waals surface area contributed by atoms with Gasteiger partial charge in [0, 0.05) is 23.7 Å². The minimum Gasteiger partial charge on any atom is -0.508 e. The lowest BCUT2D eigenvalue weighted by Crippen LogP contribution is -2.47. The van der Waals surface area contributed by atoms with Gasteiger partial charge in [0.05, 0.1) is 19.3 Å². The van der Waals surface area contributed by atoms with Gasteiger partial charge < -0.3 is 34.6 Å². The van der Waals surface area contributed by atoms with E-state index in [2.05, 4.69) is 5.32 Å². The van der Waals surface area contributed by atoms with Crippen LogP contribution in [0.2, 0.25) is 5.02 Å². The molecule has 2 aliphatic heterocycles. The third kappa shape index (κ3) is 6.53. The molecule has 3 rings (SSSR count). The summed E-state index contributed by atoms with van der Waals surface area (Å²) in [6.07, 6.45) is -0.0723. The average molecular weight is 499 g/mol. The van der Waals surface area contributed by atoms with Crippen molar-refractivity contribution in [1.29, 1.82) is 0 Å². The molecule has 0 radical (unpaired) electrons. The summed E-state index contributed by atoms with van der Waals surface area (Å²) in [5, 5.41) is 23.3. The molecule has 2 aliphatic rings. The first-order chi connectivity index (χ1) is 15.8. The van der Waals surface area contributed by atoms with Gasteiger partial charge in [-0.1, -0.05) is 11.6 Å². The van der Waals surface area contributed by atoms with Crippen LogP contribution in [0.1, 0.15) is 64.6 Å². The van der Waals surface area contributed by atoms with E-state index in [1.807, 2.05) is 0 Å². The molecule has 0 bridgehead atoms. The SMILES string of the molecule is CC(C)(C)OC(=O)N[C@@H](c1cc(Cl)c(CO)cc1O)C1CCN(C(=O)[C@H]2COC(C)(C)O2)CC1. The van der Waals surface area contributed by atoms with Gasteiger partial charge in [0.15, 0.2) is 11.9 Å². The van der Waals surface area contributed by atoms with Gasteiger partial charge in [-0.15, -0.1) is 0 Å². The van der Waals surface area contributed by atoms with Crippen LogP contribution in [0.15, 0.2) is 12.1 Å². The molecule has 0 spiro atoms. The van der Waals surface area contributed by atoms with Crippen LogP contribution >= 0.6 is 11.6 Å². The first-order valence-electron chi connectivity index (χ1n) is 11.5. The van der Waals surface area contributed by atoms with E-state index in [1.165, 1.54) is 6.07 Å². The Morgan fingerprint density at radius 3 is 2.47 bits per heavy atom. The lowest BCUT2D eigenvalue weighted by Gasteiger charge is -2.37. The third-order valence-corrected chi connectivity index (χ3v) is 6.33. The number of phenolic OH excluding ortho intramolecular Hbond substituents is 1. The average Bonchev–Trinajstić information content (AvgIpc) is 3.11. The van der Waals surface area contributed by atoms with Crippen LogP contribution in [0.25, 0.3) is 0 Å². The Labute approximate surface area is 205 Å². The Morgan fingerprint density at radius 1 is 1.29 bits per heavy atom. The maximum Gasteiger partial charge on any atom is 0.408 e. The number of hydrogen-bond donors (Lipinski definition) is 3. The summed E-state index contributed by atoms with van der Waals surface area (Å²) in [6, 6.07) is 2.37. The highest BCUT2D eigenvalue weighted by atomic mass is 35.5. The number of piperidine rings is 1. The van der Waals surface area contributed by atoms with Crippen LogP contribution < -0.4 is 5.32 Å². The molecule has 1 aromatic carbocycles. The Balaban J connectivity index is 1.76. The van der Waals surface area contributed by atoms with E-state index >= 15 is 0 Å². The summed E-state index contributed by atoms with van der Waals surface area (Å²) < 4.78 is 16.7. The molecule has 0 unspecified atom stereocenters. The molecule has 2 heterocycles. The number of aliphatic hydroxyl groups is 1. The van der Waals surface area contributed by atoms with Gasteiger partial charge in [0.2, 0.25) is 0 Å². The van der Waals surface area contributed by atoms with Crippen LogP contribution in [0.3, 0.4) is 0 Å². The molecule has 190 valence electrons. The second-order valence-corrected chi connectivity index (χ2v) is 10.7. The molecule has 0 aliphatic carbocycles. The largest absolute Gasteiger partial charge is 0.508 e. The number of ether oxygens (including phenoxy) is 3. The Morgan fingerprint density at radius 2 is 1.94 bits per heavy atom. The first-order valence-corrected chi connectivity index (χ1v) is 11.9. The fourth-order valence-corrected chi connectivity index (χ4v) is 4.57. The monoisotopic (exact) mass is 498 g/mol. The maximum absolute atomic E-state index is 12.9. The summed E-state index contributed by atoms with van der Waals surface area (Å²) in [5.74, 6) is -1.06. The standard InChI is InChI=1S/C24H35ClN2O7/c1-23(2,3)34-22(31)26-20(16-11-17(25)15(12-28)10-18(16)29)14-6-8-27(9-7-14)21(30)19-13-32-24(4,5)33-19/h10-11,14,19-20,28-29H,6-9,12-13H2,1-5H3,(H,26,31)/t19-,20-/m1/s1. The highest BCUT2D eigenvalue weighted by Crippen LogP contribution is 2.38. The molecule has 10 heteroatoms. The van der Waals surface area contributed by atoms with Crippen molar-refractivity contribution >= 4 is 23.6 Å². The highest BCUT2D eigenvalue weighted by Gasteiger charge is 2.40. The van der Waals surface area contributed by atoms with Gasteiger partial charge in [-0.05, 0) is 71.1 Å². The number of benzene rings is 1. The van der Waals surface area contributed by atoms with Crippen molar-refractivity contribution in [2.75, 3.05) is 19.7 Å². The molecule has 0 saturated carbocycles. The van der Waals surface area contributed by atoms with Crippen molar-refractivity contribution < 1.29 is 34.0 Å². The van der Waals surface area contributed by atoms with E-state index in [1.54, 1.807) is 45.6 Å². The van der Waals surface area contributed by atoms with Crippen molar-refractivity contribution in [2.24, 2.45) is 5.92 Å². The number of likely N-dealkylation sites (tertiary alicyclic amines) is 1. The van der Waals surface area contributed by atoms with Crippen molar-refractivity contribution in [3.8, 4) is 5.75 Å². The second-order valence-electron chi connectivity index (χ2n) is 10.3. The molecule has 2 fully saturated rings. The van der Waals surface area contributed by atoms with Gasteiger partial charge in [-0.3, -0.25) is 4.79 Å². The summed E-state index contributed by atoms with van der Waals surface area (Å²) in [4.78, 5) is 27.3. The zero-order valence-electron chi connectivity index (χ0n) is 20.4. The number of alkyl carbamates (subject to hydrolysis) is 1. The second kappa shape index (κ2) is 10.3. The van der Waals surface area contributed by atoms with E-state index in [4.69, 9.17) is 25.8 Å². The van der Waals surface area contributed by atoms with E-state index < -0.39 is 29.6 Å². The molecular weight excluding hydrogens is 464 g/mol. The molecular formula is C24H35ClN2O7. The molecule has 2 atom stereocenters. The molecule has 2 amide bonds. The third-order valence-electron chi connectivity index (χ3n) is 5.98. The van der Waals surface area contributed by atoms with Crippen molar-refractivity contribution in [1.82, 2.24) is 10.2 Å². The number of amides is 2. The number of hydrogen-bond acceptors (Lipinski definition) is 7. The van der Waals surface area contributed by atoms with Crippen LogP contribution in [-0.4, -0.2) is 64.3 Å². The summed E-state index contributed by atoms with van der Waals surface area (Å²) in [6.45, 7) is 9.71. The van der Waals surface area contributed by atoms with E-state index in [-0.39, 0.29) is 30.8 Å². The number of phenols is 1. The van der Waals surface area contributed by atoms with Gasteiger partial charge >= 0.3 is 6.09 Å². The number of aromatic hydroxyl groups is 1. The lowest BCUT2D eigenvalue weighted by molar-refractivity contribution is -0.161. The number of halogens is 1. The number of carbonyl (C=O) groups excluding carboxylic acids is 2. The summed E-state index contributed by atoms with van der Waals surface area (Å²) >= 11 is 6.29. The normalized spacial score (nSPS) is 21.9. The molecule has 9 nitrogen and oxygen atoms in total. The van der Waals surface area contributed by atoms with Crippen LogP contribution in [0, 0.1) is 5.92 Å². The predicted octanol–water partition coefficient (Wildman–Crippen LogP) is 3.49. The van der Waals surface area contributed by atoms with Gasteiger partial charge in [0.1, 0.15) is 11.4 Å². The van der Waals surface area contributed by atoms with Gasteiger partial charge in [-0.25, -0.2) is 4.79 Å². The topological polar surface area (TPSA) is 118 Å². The molecule has 1 aromatic rings. The molecule has 0 aromatic heterocycles. The van der Waals surface area contributed by atoms with Crippen LogP contribution in [0.4, 0.5) is 4.79 Å². The fourth-order valence-electron chi connectivity index (χ4n) is 4.34. The van der Waals surface area contributed by atoms with Gasteiger partial charge in [0.25, 0.3) is 5.91 Å². The number of nitrogens with one attached hydrogen (secondary N) is 1. The van der Waals surface area contributed by atoms with E-state index in [9.17, 15) is 19.8 Å². The quantitative estimate of drug-likeness (QED) is 0.568. The zero-order chi connectivity index (χ0) is 25.3. The lowest BCUT2D eigenvalue weighted by atomic mass is 9.84. The number of nitrogens with zero attached hydrogens (tertiary/aromatic N) is 1. The van der Waals surface area contributed by atoms with E-state index in [0.717, 1.165) is 0 Å².